The molecule has 0 aromatic carbocycles. The standard InChI is InChI=1S/C23H44O6/c1-3-5-6-7-8-9-10-11-12-13-23(24)29-22-21-28-20-19-27-18-17-26-16-15-25-14-4-2/h4H,2-3,5-22H2,1H3. The van der Waals surface area contributed by atoms with Crippen molar-refractivity contribution in [2.75, 3.05) is 59.5 Å². The lowest BCUT2D eigenvalue weighted by Crippen LogP contribution is -2.14. The van der Waals surface area contributed by atoms with Crippen LogP contribution in [0.15, 0.2) is 12.7 Å². The molecule has 0 bridgehead atoms. The molecule has 172 valence electrons. The molecule has 0 aromatic rings. The smallest absolute Gasteiger partial charge is 0.305 e. The second-order valence-electron chi connectivity index (χ2n) is 7.00. The highest BCUT2D eigenvalue weighted by atomic mass is 16.6. The molecule has 0 heterocycles. The summed E-state index contributed by atoms with van der Waals surface area (Å²) in [6, 6.07) is 0. The summed E-state index contributed by atoms with van der Waals surface area (Å²) < 4.78 is 26.5. The number of ether oxygens (including phenoxy) is 5. The van der Waals surface area contributed by atoms with Gasteiger partial charge < -0.3 is 23.7 Å². The molecule has 6 nitrogen and oxygen atoms in total. The van der Waals surface area contributed by atoms with Gasteiger partial charge in [-0.05, 0) is 6.42 Å². The molecule has 0 N–H and O–H groups in total. The van der Waals surface area contributed by atoms with Crippen LogP contribution in [0.25, 0.3) is 0 Å². The predicted octanol–water partition coefficient (Wildman–Crippen LogP) is 4.70. The van der Waals surface area contributed by atoms with E-state index in [1.54, 1.807) is 6.08 Å². The van der Waals surface area contributed by atoms with Gasteiger partial charge in [-0.25, -0.2) is 0 Å². The fraction of sp³-hybridized carbons (Fsp3) is 0.870. The van der Waals surface area contributed by atoms with Crippen LogP contribution in [0.5, 0.6) is 0 Å². The van der Waals surface area contributed by atoms with Gasteiger partial charge in [-0.15, -0.1) is 6.58 Å². The lowest BCUT2D eigenvalue weighted by molar-refractivity contribution is -0.145. The van der Waals surface area contributed by atoms with Crippen molar-refractivity contribution in [2.24, 2.45) is 0 Å². The summed E-state index contributed by atoms with van der Waals surface area (Å²) in [5.74, 6) is -0.123. The Labute approximate surface area is 178 Å². The highest BCUT2D eigenvalue weighted by Gasteiger charge is 2.02. The highest BCUT2D eigenvalue weighted by Crippen LogP contribution is 2.10. The number of rotatable bonds is 24. The van der Waals surface area contributed by atoms with Crippen molar-refractivity contribution >= 4 is 5.97 Å². The van der Waals surface area contributed by atoms with Crippen LogP contribution in [0.2, 0.25) is 0 Å². The molecule has 0 aromatic heterocycles. The van der Waals surface area contributed by atoms with Crippen molar-refractivity contribution < 1.29 is 28.5 Å². The number of carbonyl (C=O) groups is 1. The molecule has 29 heavy (non-hydrogen) atoms. The normalized spacial score (nSPS) is 10.9. The maximum absolute atomic E-state index is 11.6. The lowest BCUT2D eigenvalue weighted by Gasteiger charge is -2.08. The molecule has 0 fully saturated rings. The van der Waals surface area contributed by atoms with E-state index < -0.39 is 0 Å². The zero-order valence-electron chi connectivity index (χ0n) is 18.7. The molecular formula is C23H44O6. The molecule has 0 radical (unpaired) electrons. The average Bonchev–Trinajstić information content (AvgIpc) is 2.72. The number of hydrogen-bond donors (Lipinski definition) is 0. The maximum atomic E-state index is 11.6. The zero-order chi connectivity index (χ0) is 21.3. The molecule has 0 aliphatic heterocycles. The number of unbranched alkanes of at least 4 members (excludes halogenated alkanes) is 8. The Kier molecular flexibility index (Phi) is 24.3. The Bertz CT molecular complexity index is 348. The van der Waals surface area contributed by atoms with Crippen LogP contribution in [0.3, 0.4) is 0 Å². The first kappa shape index (κ1) is 28.1. The molecular weight excluding hydrogens is 372 g/mol. The fourth-order valence-corrected chi connectivity index (χ4v) is 2.69. The highest BCUT2D eigenvalue weighted by molar-refractivity contribution is 5.69. The molecule has 0 aliphatic rings. The first-order chi connectivity index (χ1) is 14.3. The molecule has 0 spiro atoms. The van der Waals surface area contributed by atoms with Crippen LogP contribution in [0.1, 0.15) is 71.1 Å². The van der Waals surface area contributed by atoms with Crippen LogP contribution in [0, 0.1) is 0 Å². The Hall–Kier alpha value is -0.950. The predicted molar refractivity (Wildman–Crippen MR) is 116 cm³/mol. The number of esters is 1. The largest absolute Gasteiger partial charge is 0.463 e. The van der Waals surface area contributed by atoms with Crippen molar-refractivity contribution in [3.8, 4) is 0 Å². The van der Waals surface area contributed by atoms with Crippen molar-refractivity contribution in [3.63, 3.8) is 0 Å². The van der Waals surface area contributed by atoms with Crippen LogP contribution in [-0.2, 0) is 28.5 Å². The van der Waals surface area contributed by atoms with E-state index in [0.717, 1.165) is 12.8 Å². The van der Waals surface area contributed by atoms with E-state index in [-0.39, 0.29) is 5.97 Å². The molecule has 0 aliphatic carbocycles. The van der Waals surface area contributed by atoms with Crippen molar-refractivity contribution in [1.29, 1.82) is 0 Å². The Balaban J connectivity index is 3.13. The van der Waals surface area contributed by atoms with Gasteiger partial charge in [-0.2, -0.15) is 0 Å². The van der Waals surface area contributed by atoms with Gasteiger partial charge in [-0.1, -0.05) is 64.4 Å². The molecule has 6 heteroatoms. The Morgan fingerprint density at radius 2 is 1.10 bits per heavy atom. The summed E-state index contributed by atoms with van der Waals surface area (Å²) in [6.07, 6.45) is 13.4. The van der Waals surface area contributed by atoms with E-state index in [4.69, 9.17) is 23.7 Å². The molecule has 0 rings (SSSR count). The van der Waals surface area contributed by atoms with E-state index in [0.29, 0.717) is 65.9 Å². The third-order valence-corrected chi connectivity index (χ3v) is 4.33. The van der Waals surface area contributed by atoms with Crippen LogP contribution < -0.4 is 0 Å². The van der Waals surface area contributed by atoms with E-state index >= 15 is 0 Å². The van der Waals surface area contributed by atoms with Crippen LogP contribution in [0.4, 0.5) is 0 Å². The van der Waals surface area contributed by atoms with Gasteiger partial charge in [0, 0.05) is 6.42 Å². The first-order valence-corrected chi connectivity index (χ1v) is 11.4. The lowest BCUT2D eigenvalue weighted by atomic mass is 10.1. The van der Waals surface area contributed by atoms with Gasteiger partial charge in [0.25, 0.3) is 0 Å². The first-order valence-electron chi connectivity index (χ1n) is 11.4. The van der Waals surface area contributed by atoms with E-state index in [2.05, 4.69) is 13.5 Å². The summed E-state index contributed by atoms with van der Waals surface area (Å²) in [4.78, 5) is 11.6. The topological polar surface area (TPSA) is 63.2 Å². The number of hydrogen-bond acceptors (Lipinski definition) is 6. The summed E-state index contributed by atoms with van der Waals surface area (Å²) in [5, 5.41) is 0. The molecule has 0 saturated heterocycles. The Morgan fingerprint density at radius 3 is 1.62 bits per heavy atom. The minimum absolute atomic E-state index is 0.123. The summed E-state index contributed by atoms with van der Waals surface area (Å²) >= 11 is 0. The second kappa shape index (κ2) is 25.1. The summed E-state index contributed by atoms with van der Waals surface area (Å²) in [5.41, 5.74) is 0. The molecule has 0 amide bonds. The van der Waals surface area contributed by atoms with Gasteiger partial charge in [-0.3, -0.25) is 4.79 Å². The molecule has 0 unspecified atom stereocenters. The summed E-state index contributed by atoms with van der Waals surface area (Å²) in [6.45, 7) is 10.2. The fourth-order valence-electron chi connectivity index (χ4n) is 2.69. The van der Waals surface area contributed by atoms with E-state index in [9.17, 15) is 4.79 Å². The van der Waals surface area contributed by atoms with Gasteiger partial charge in [0.2, 0.25) is 0 Å². The molecule has 0 atom stereocenters. The van der Waals surface area contributed by atoms with Gasteiger partial charge in [0.1, 0.15) is 6.61 Å². The third-order valence-electron chi connectivity index (χ3n) is 4.33. The average molecular weight is 417 g/mol. The Morgan fingerprint density at radius 1 is 0.655 bits per heavy atom. The molecule has 0 saturated carbocycles. The van der Waals surface area contributed by atoms with Gasteiger partial charge in [0.05, 0.1) is 52.9 Å². The monoisotopic (exact) mass is 416 g/mol. The maximum Gasteiger partial charge on any atom is 0.305 e. The van der Waals surface area contributed by atoms with Crippen molar-refractivity contribution in [2.45, 2.75) is 71.1 Å². The van der Waals surface area contributed by atoms with E-state index in [1.165, 1.54) is 44.9 Å². The third kappa shape index (κ3) is 25.0. The zero-order valence-corrected chi connectivity index (χ0v) is 18.7. The van der Waals surface area contributed by atoms with Crippen molar-refractivity contribution in [3.05, 3.63) is 12.7 Å². The van der Waals surface area contributed by atoms with Gasteiger partial charge in [0.15, 0.2) is 0 Å². The van der Waals surface area contributed by atoms with Crippen molar-refractivity contribution in [1.82, 2.24) is 0 Å². The van der Waals surface area contributed by atoms with Crippen LogP contribution in [-0.4, -0.2) is 65.4 Å². The quantitative estimate of drug-likeness (QED) is 0.129. The van der Waals surface area contributed by atoms with E-state index in [1.807, 2.05) is 0 Å². The number of carbonyl (C=O) groups excluding carboxylic acids is 1. The minimum atomic E-state index is -0.123. The second-order valence-corrected chi connectivity index (χ2v) is 7.00. The van der Waals surface area contributed by atoms with Gasteiger partial charge >= 0.3 is 5.97 Å². The van der Waals surface area contributed by atoms with Crippen LogP contribution >= 0.6 is 0 Å². The minimum Gasteiger partial charge on any atom is -0.463 e. The SMILES string of the molecule is C=CCOCCOCCOCCOCCOC(=O)CCCCCCCCCCC. The summed E-state index contributed by atoms with van der Waals surface area (Å²) in [7, 11) is 0.